The van der Waals surface area contributed by atoms with E-state index in [4.69, 9.17) is 5.11 Å². The van der Waals surface area contributed by atoms with Crippen LogP contribution in [-0.2, 0) is 6.42 Å². The highest BCUT2D eigenvalue weighted by Crippen LogP contribution is 2.09. The molecule has 0 saturated carbocycles. The third kappa shape index (κ3) is 3.98. The van der Waals surface area contributed by atoms with Gasteiger partial charge in [0.25, 0.3) is 0 Å². The highest BCUT2D eigenvalue weighted by atomic mass is 19.1. The quantitative estimate of drug-likeness (QED) is 0.776. The molecule has 0 saturated heterocycles. The van der Waals surface area contributed by atoms with Crippen molar-refractivity contribution >= 4 is 0 Å². The van der Waals surface area contributed by atoms with Crippen LogP contribution in [0.15, 0.2) is 18.2 Å². The van der Waals surface area contributed by atoms with Gasteiger partial charge in [0, 0.05) is 6.04 Å². The van der Waals surface area contributed by atoms with Crippen molar-refractivity contribution in [2.45, 2.75) is 26.3 Å². The molecule has 0 amide bonds. The van der Waals surface area contributed by atoms with E-state index in [1.54, 1.807) is 13.0 Å². The number of halogens is 1. The molecule has 2 N–H and O–H groups in total. The fourth-order valence-electron chi connectivity index (χ4n) is 1.39. The summed E-state index contributed by atoms with van der Waals surface area (Å²) in [7, 11) is 0. The number of hydrogen-bond acceptors (Lipinski definition) is 2. The summed E-state index contributed by atoms with van der Waals surface area (Å²) in [6, 6.07) is 5.28. The number of hydrogen-bond donors (Lipinski definition) is 2. The lowest BCUT2D eigenvalue weighted by Gasteiger charge is -2.10. The van der Waals surface area contributed by atoms with Crippen LogP contribution in [0.25, 0.3) is 0 Å². The Morgan fingerprint density at radius 2 is 2.20 bits per heavy atom. The molecule has 1 rings (SSSR count). The lowest BCUT2D eigenvalue weighted by molar-refractivity contribution is 0.252. The van der Waals surface area contributed by atoms with Crippen molar-refractivity contribution in [2.75, 3.05) is 13.2 Å². The van der Waals surface area contributed by atoms with Gasteiger partial charge in [0.2, 0.25) is 0 Å². The third-order valence-electron chi connectivity index (χ3n) is 2.40. The Hall–Kier alpha value is -0.930. The fourth-order valence-corrected chi connectivity index (χ4v) is 1.39. The maximum atomic E-state index is 13.0. The summed E-state index contributed by atoms with van der Waals surface area (Å²) >= 11 is 0. The molecule has 2 nitrogen and oxygen atoms in total. The van der Waals surface area contributed by atoms with Gasteiger partial charge in [-0.3, -0.25) is 0 Å². The molecular formula is C12H18FNO. The average molecular weight is 211 g/mol. The van der Waals surface area contributed by atoms with E-state index in [2.05, 4.69) is 5.32 Å². The number of aliphatic hydroxyl groups excluding tert-OH is 1. The highest BCUT2D eigenvalue weighted by molar-refractivity contribution is 5.24. The molecule has 0 heterocycles. The van der Waals surface area contributed by atoms with Gasteiger partial charge in [-0.2, -0.15) is 0 Å². The molecule has 15 heavy (non-hydrogen) atoms. The Morgan fingerprint density at radius 1 is 1.47 bits per heavy atom. The van der Waals surface area contributed by atoms with Gasteiger partial charge in [-0.05, 0) is 44.0 Å². The molecule has 0 aromatic heterocycles. The van der Waals surface area contributed by atoms with E-state index < -0.39 is 0 Å². The Bertz CT molecular complexity index is 314. The van der Waals surface area contributed by atoms with E-state index in [1.807, 2.05) is 13.0 Å². The molecule has 1 aromatic carbocycles. The standard InChI is InChI=1S/C12H18FNO/c1-9-7-11(3-4-12(9)13)5-6-14-10(2)8-15/h3-4,7,10,14-15H,5-6,8H2,1-2H3. The molecule has 1 aromatic rings. The van der Waals surface area contributed by atoms with E-state index >= 15 is 0 Å². The minimum atomic E-state index is -0.157. The van der Waals surface area contributed by atoms with Gasteiger partial charge in [0.05, 0.1) is 6.61 Å². The lowest BCUT2D eigenvalue weighted by atomic mass is 10.1. The average Bonchev–Trinajstić information content (AvgIpc) is 2.23. The number of nitrogens with one attached hydrogen (secondary N) is 1. The zero-order valence-electron chi connectivity index (χ0n) is 9.26. The van der Waals surface area contributed by atoms with Gasteiger partial charge in [-0.15, -0.1) is 0 Å². The van der Waals surface area contributed by atoms with E-state index in [1.165, 1.54) is 6.07 Å². The third-order valence-corrected chi connectivity index (χ3v) is 2.40. The normalized spacial score (nSPS) is 12.8. The number of aryl methyl sites for hydroxylation is 1. The predicted molar refractivity (Wildman–Crippen MR) is 59.4 cm³/mol. The molecule has 0 spiro atoms. The van der Waals surface area contributed by atoms with Gasteiger partial charge >= 0.3 is 0 Å². The van der Waals surface area contributed by atoms with E-state index in [-0.39, 0.29) is 18.5 Å². The second-order valence-corrected chi connectivity index (χ2v) is 3.87. The zero-order valence-corrected chi connectivity index (χ0v) is 9.26. The van der Waals surface area contributed by atoms with Crippen LogP contribution in [0, 0.1) is 12.7 Å². The van der Waals surface area contributed by atoms with E-state index in [0.29, 0.717) is 5.56 Å². The first-order valence-electron chi connectivity index (χ1n) is 5.22. The minimum Gasteiger partial charge on any atom is -0.395 e. The first-order valence-corrected chi connectivity index (χ1v) is 5.22. The summed E-state index contributed by atoms with van der Waals surface area (Å²) in [5.41, 5.74) is 1.80. The summed E-state index contributed by atoms with van der Waals surface area (Å²) in [6.07, 6.45) is 0.853. The SMILES string of the molecule is Cc1cc(CCNC(C)CO)ccc1F. The number of benzene rings is 1. The summed E-state index contributed by atoms with van der Waals surface area (Å²) < 4.78 is 13.0. The van der Waals surface area contributed by atoms with Crippen molar-refractivity contribution in [1.82, 2.24) is 5.32 Å². The molecule has 84 valence electrons. The van der Waals surface area contributed by atoms with Gasteiger partial charge in [-0.1, -0.05) is 12.1 Å². The zero-order chi connectivity index (χ0) is 11.3. The maximum absolute atomic E-state index is 13.0. The molecule has 0 fully saturated rings. The largest absolute Gasteiger partial charge is 0.395 e. The predicted octanol–water partition coefficient (Wildman–Crippen LogP) is 1.65. The molecule has 0 aliphatic rings. The summed E-state index contributed by atoms with van der Waals surface area (Å²) in [4.78, 5) is 0. The molecule has 0 radical (unpaired) electrons. The monoisotopic (exact) mass is 211 g/mol. The molecule has 0 aliphatic carbocycles. The van der Waals surface area contributed by atoms with Crippen LogP contribution in [0.5, 0.6) is 0 Å². The van der Waals surface area contributed by atoms with Gasteiger partial charge in [0.1, 0.15) is 5.82 Å². The Kier molecular flexibility index (Phi) is 4.72. The van der Waals surface area contributed by atoms with E-state index in [9.17, 15) is 4.39 Å². The Balaban J connectivity index is 2.41. The number of aliphatic hydroxyl groups is 1. The van der Waals surface area contributed by atoms with Crippen LogP contribution >= 0.6 is 0 Å². The van der Waals surface area contributed by atoms with Crippen molar-refractivity contribution in [3.8, 4) is 0 Å². The van der Waals surface area contributed by atoms with Crippen LogP contribution in [0.1, 0.15) is 18.1 Å². The molecule has 0 bridgehead atoms. The molecular weight excluding hydrogens is 193 g/mol. The molecule has 1 unspecified atom stereocenters. The van der Waals surface area contributed by atoms with Gasteiger partial charge < -0.3 is 10.4 Å². The maximum Gasteiger partial charge on any atom is 0.126 e. The second-order valence-electron chi connectivity index (χ2n) is 3.87. The minimum absolute atomic E-state index is 0.117. The van der Waals surface area contributed by atoms with Crippen LogP contribution in [0.3, 0.4) is 0 Å². The molecule has 3 heteroatoms. The summed E-state index contributed by atoms with van der Waals surface area (Å²) in [5.74, 6) is -0.157. The first-order chi connectivity index (χ1) is 7.13. The topological polar surface area (TPSA) is 32.3 Å². The van der Waals surface area contributed by atoms with Crippen molar-refractivity contribution in [2.24, 2.45) is 0 Å². The van der Waals surface area contributed by atoms with Crippen molar-refractivity contribution in [3.05, 3.63) is 35.1 Å². The van der Waals surface area contributed by atoms with Gasteiger partial charge in [0.15, 0.2) is 0 Å². The number of rotatable bonds is 5. The molecule has 1 atom stereocenters. The Morgan fingerprint density at radius 3 is 2.80 bits per heavy atom. The van der Waals surface area contributed by atoms with Crippen LogP contribution < -0.4 is 5.32 Å². The fraction of sp³-hybridized carbons (Fsp3) is 0.500. The lowest BCUT2D eigenvalue weighted by Crippen LogP contribution is -2.30. The van der Waals surface area contributed by atoms with E-state index in [0.717, 1.165) is 18.5 Å². The summed E-state index contributed by atoms with van der Waals surface area (Å²) in [6.45, 7) is 4.63. The molecule has 0 aliphatic heterocycles. The summed E-state index contributed by atoms with van der Waals surface area (Å²) in [5, 5.41) is 12.0. The highest BCUT2D eigenvalue weighted by Gasteiger charge is 2.01. The van der Waals surface area contributed by atoms with Crippen LogP contribution in [0.4, 0.5) is 4.39 Å². The van der Waals surface area contributed by atoms with Gasteiger partial charge in [-0.25, -0.2) is 4.39 Å². The second kappa shape index (κ2) is 5.83. The van der Waals surface area contributed by atoms with Crippen molar-refractivity contribution < 1.29 is 9.50 Å². The van der Waals surface area contributed by atoms with Crippen LogP contribution in [-0.4, -0.2) is 24.3 Å². The smallest absolute Gasteiger partial charge is 0.126 e. The van der Waals surface area contributed by atoms with Crippen molar-refractivity contribution in [3.63, 3.8) is 0 Å². The Labute approximate surface area is 90.1 Å². The van der Waals surface area contributed by atoms with Crippen LogP contribution in [0.2, 0.25) is 0 Å². The van der Waals surface area contributed by atoms with Crippen molar-refractivity contribution in [1.29, 1.82) is 0 Å². The first kappa shape index (κ1) is 12.1.